The highest BCUT2D eigenvalue weighted by atomic mass is 15.2. The van der Waals surface area contributed by atoms with Gasteiger partial charge < -0.3 is 4.90 Å². The summed E-state index contributed by atoms with van der Waals surface area (Å²) in [5, 5.41) is 0. The summed E-state index contributed by atoms with van der Waals surface area (Å²) in [5.41, 5.74) is 0. The molecule has 2 aliphatic rings. The number of likely N-dealkylation sites (tertiary alicyclic amines) is 2. The third-order valence-electron chi connectivity index (χ3n) is 4.62. The van der Waals surface area contributed by atoms with E-state index in [-0.39, 0.29) is 0 Å². The Morgan fingerprint density at radius 3 is 2.31 bits per heavy atom. The van der Waals surface area contributed by atoms with Gasteiger partial charge in [-0.1, -0.05) is 20.3 Å². The first-order valence-corrected chi connectivity index (χ1v) is 7.33. The van der Waals surface area contributed by atoms with Crippen molar-refractivity contribution in [2.75, 3.05) is 26.2 Å². The van der Waals surface area contributed by atoms with E-state index >= 15 is 0 Å². The predicted octanol–water partition coefficient (Wildman–Crippen LogP) is 2.74. The van der Waals surface area contributed by atoms with Crippen LogP contribution in [-0.2, 0) is 0 Å². The van der Waals surface area contributed by atoms with Crippen molar-refractivity contribution in [1.29, 1.82) is 0 Å². The van der Waals surface area contributed by atoms with Crippen LogP contribution in [0.3, 0.4) is 0 Å². The summed E-state index contributed by atoms with van der Waals surface area (Å²) in [6.07, 6.45) is 8.51. The molecule has 2 heteroatoms. The zero-order valence-electron chi connectivity index (χ0n) is 11.1. The minimum absolute atomic E-state index is 0.895. The molecule has 0 aromatic carbocycles. The van der Waals surface area contributed by atoms with Crippen LogP contribution >= 0.6 is 0 Å². The molecular weight excluding hydrogens is 196 g/mol. The van der Waals surface area contributed by atoms with Crippen molar-refractivity contribution < 1.29 is 0 Å². The van der Waals surface area contributed by atoms with Crippen LogP contribution in [0.15, 0.2) is 0 Å². The number of rotatable bonds is 3. The Bertz CT molecular complexity index is 197. The lowest BCUT2D eigenvalue weighted by molar-refractivity contribution is 0.0500. The van der Waals surface area contributed by atoms with Crippen LogP contribution in [0, 0.1) is 0 Å². The summed E-state index contributed by atoms with van der Waals surface area (Å²) < 4.78 is 0. The zero-order valence-corrected chi connectivity index (χ0v) is 11.1. The first kappa shape index (κ1) is 12.4. The van der Waals surface area contributed by atoms with E-state index in [0.29, 0.717) is 0 Å². The minimum Gasteiger partial charge on any atom is -0.303 e. The lowest BCUT2D eigenvalue weighted by Gasteiger charge is -2.44. The Morgan fingerprint density at radius 1 is 0.938 bits per heavy atom. The van der Waals surface area contributed by atoms with E-state index in [0.717, 1.165) is 12.1 Å². The Morgan fingerprint density at radius 2 is 1.69 bits per heavy atom. The van der Waals surface area contributed by atoms with E-state index in [9.17, 15) is 0 Å². The molecule has 0 spiro atoms. The molecule has 2 heterocycles. The van der Waals surface area contributed by atoms with Crippen LogP contribution in [0.25, 0.3) is 0 Å². The van der Waals surface area contributed by atoms with Gasteiger partial charge in [0.2, 0.25) is 0 Å². The normalized spacial score (nSPS) is 30.8. The minimum atomic E-state index is 0.895. The van der Waals surface area contributed by atoms with Gasteiger partial charge in [0.25, 0.3) is 0 Å². The second-order valence-electron chi connectivity index (χ2n) is 5.46. The number of hydrogen-bond donors (Lipinski definition) is 0. The van der Waals surface area contributed by atoms with E-state index in [1.807, 2.05) is 0 Å². The lowest BCUT2D eigenvalue weighted by atomic mass is 9.94. The van der Waals surface area contributed by atoms with Gasteiger partial charge in [-0.25, -0.2) is 0 Å². The van der Waals surface area contributed by atoms with Gasteiger partial charge in [0.1, 0.15) is 0 Å². The fourth-order valence-electron chi connectivity index (χ4n) is 3.51. The van der Waals surface area contributed by atoms with Gasteiger partial charge >= 0.3 is 0 Å². The fourth-order valence-corrected chi connectivity index (χ4v) is 3.51. The third-order valence-corrected chi connectivity index (χ3v) is 4.62. The van der Waals surface area contributed by atoms with Crippen molar-refractivity contribution in [3.63, 3.8) is 0 Å². The summed E-state index contributed by atoms with van der Waals surface area (Å²) in [7, 11) is 0. The van der Waals surface area contributed by atoms with Crippen molar-refractivity contribution in [2.24, 2.45) is 0 Å². The summed E-state index contributed by atoms with van der Waals surface area (Å²) in [5.74, 6) is 0. The number of nitrogens with zero attached hydrogens (tertiary/aromatic N) is 2. The first-order valence-electron chi connectivity index (χ1n) is 7.33. The standard InChI is InChI=1S/C14H28N2/c1-3-13-7-5-6-10-16(13)14-8-11-15(4-2)12-9-14/h13-14H,3-12H2,1-2H3/t13-/m0/s1. The average Bonchev–Trinajstić information content (AvgIpc) is 2.39. The van der Waals surface area contributed by atoms with Crippen LogP contribution < -0.4 is 0 Å². The highest BCUT2D eigenvalue weighted by Gasteiger charge is 2.29. The molecule has 0 radical (unpaired) electrons. The quantitative estimate of drug-likeness (QED) is 0.727. The molecular formula is C14H28N2. The Labute approximate surface area is 101 Å². The van der Waals surface area contributed by atoms with Gasteiger partial charge in [-0.2, -0.15) is 0 Å². The van der Waals surface area contributed by atoms with Crippen molar-refractivity contribution in [3.8, 4) is 0 Å². The van der Waals surface area contributed by atoms with Crippen molar-refractivity contribution in [2.45, 2.75) is 64.5 Å². The van der Waals surface area contributed by atoms with E-state index < -0.39 is 0 Å². The molecule has 0 aromatic heterocycles. The van der Waals surface area contributed by atoms with Crippen LogP contribution in [0.4, 0.5) is 0 Å². The second kappa shape index (κ2) is 6.02. The second-order valence-corrected chi connectivity index (χ2v) is 5.46. The van der Waals surface area contributed by atoms with Gasteiger partial charge in [0.15, 0.2) is 0 Å². The number of piperidine rings is 2. The highest BCUT2D eigenvalue weighted by Crippen LogP contribution is 2.26. The zero-order chi connectivity index (χ0) is 11.4. The molecule has 0 amide bonds. The molecule has 0 N–H and O–H groups in total. The summed E-state index contributed by atoms with van der Waals surface area (Å²) in [6, 6.07) is 1.79. The van der Waals surface area contributed by atoms with Crippen LogP contribution in [0.5, 0.6) is 0 Å². The Balaban J connectivity index is 1.86. The van der Waals surface area contributed by atoms with E-state index in [1.54, 1.807) is 0 Å². The number of hydrogen-bond acceptors (Lipinski definition) is 2. The molecule has 2 fully saturated rings. The van der Waals surface area contributed by atoms with Crippen LogP contribution in [0.1, 0.15) is 52.4 Å². The maximum absolute atomic E-state index is 2.84. The van der Waals surface area contributed by atoms with Crippen molar-refractivity contribution >= 4 is 0 Å². The smallest absolute Gasteiger partial charge is 0.0122 e. The molecule has 2 saturated heterocycles. The predicted molar refractivity (Wildman–Crippen MR) is 69.8 cm³/mol. The molecule has 1 atom stereocenters. The average molecular weight is 224 g/mol. The summed E-state index contributed by atoms with van der Waals surface area (Å²) >= 11 is 0. The van der Waals surface area contributed by atoms with Crippen LogP contribution in [0.2, 0.25) is 0 Å². The SMILES string of the molecule is CC[C@H]1CCCCN1C1CCN(CC)CC1. The van der Waals surface area contributed by atoms with E-state index in [2.05, 4.69) is 23.6 Å². The maximum Gasteiger partial charge on any atom is 0.0122 e. The Kier molecular flexibility index (Phi) is 4.66. The molecule has 2 aliphatic heterocycles. The molecule has 94 valence electrons. The molecule has 2 nitrogen and oxygen atoms in total. The van der Waals surface area contributed by atoms with Crippen molar-refractivity contribution in [3.05, 3.63) is 0 Å². The van der Waals surface area contributed by atoms with E-state index in [4.69, 9.17) is 0 Å². The molecule has 16 heavy (non-hydrogen) atoms. The molecule has 0 aromatic rings. The summed E-state index contributed by atoms with van der Waals surface area (Å²) in [6.45, 7) is 9.92. The molecule has 0 unspecified atom stereocenters. The summed E-state index contributed by atoms with van der Waals surface area (Å²) in [4.78, 5) is 5.44. The van der Waals surface area contributed by atoms with Crippen molar-refractivity contribution in [1.82, 2.24) is 9.80 Å². The van der Waals surface area contributed by atoms with Gasteiger partial charge in [-0.3, -0.25) is 4.90 Å². The maximum atomic E-state index is 2.84. The molecule has 0 aliphatic carbocycles. The van der Waals surface area contributed by atoms with Gasteiger partial charge in [0, 0.05) is 12.1 Å². The largest absolute Gasteiger partial charge is 0.303 e. The lowest BCUT2D eigenvalue weighted by Crippen LogP contribution is -2.50. The molecule has 0 bridgehead atoms. The van der Waals surface area contributed by atoms with Gasteiger partial charge in [-0.15, -0.1) is 0 Å². The highest BCUT2D eigenvalue weighted by molar-refractivity contribution is 4.85. The Hall–Kier alpha value is -0.0800. The van der Waals surface area contributed by atoms with Gasteiger partial charge in [0.05, 0.1) is 0 Å². The fraction of sp³-hybridized carbons (Fsp3) is 1.00. The van der Waals surface area contributed by atoms with E-state index in [1.165, 1.54) is 64.7 Å². The monoisotopic (exact) mass is 224 g/mol. The molecule has 2 rings (SSSR count). The first-order chi connectivity index (χ1) is 7.85. The molecule has 0 saturated carbocycles. The topological polar surface area (TPSA) is 6.48 Å². The van der Waals surface area contributed by atoms with Gasteiger partial charge in [-0.05, 0) is 58.3 Å². The van der Waals surface area contributed by atoms with Crippen LogP contribution in [-0.4, -0.2) is 48.1 Å². The third kappa shape index (κ3) is 2.78.